The summed E-state index contributed by atoms with van der Waals surface area (Å²) in [5.41, 5.74) is 3.01. The molecule has 168 valence electrons. The van der Waals surface area contributed by atoms with Crippen LogP contribution in [0.5, 0.6) is 0 Å². The number of nitrogens with zero attached hydrogens (tertiary/aromatic N) is 3. The Hall–Kier alpha value is -2.86. The minimum Gasteiger partial charge on any atom is -0.311 e. The lowest BCUT2D eigenvalue weighted by Crippen LogP contribution is -2.49. The Morgan fingerprint density at radius 1 is 1.00 bits per heavy atom. The van der Waals surface area contributed by atoms with Crippen molar-refractivity contribution in [2.75, 3.05) is 19.3 Å². The number of thioether (sulfide) groups is 1. The van der Waals surface area contributed by atoms with Crippen LogP contribution in [0.25, 0.3) is 11.1 Å². The normalized spacial score (nSPS) is 20.1. The molecule has 1 aromatic heterocycles. The summed E-state index contributed by atoms with van der Waals surface area (Å²) >= 11 is 1.67. The van der Waals surface area contributed by atoms with Crippen molar-refractivity contribution in [3.63, 3.8) is 0 Å². The molecule has 0 N–H and O–H groups in total. The lowest BCUT2D eigenvalue weighted by Gasteiger charge is -2.43. The maximum absolute atomic E-state index is 13.5. The number of hydrogen-bond acceptors (Lipinski definition) is 5. The summed E-state index contributed by atoms with van der Waals surface area (Å²) < 4.78 is 30.4. The smallest absolute Gasteiger partial charge is 0.250 e. The van der Waals surface area contributed by atoms with E-state index < -0.39 is 10.0 Å². The van der Waals surface area contributed by atoms with Crippen molar-refractivity contribution in [3.05, 3.63) is 82.3 Å². The molecule has 1 saturated heterocycles. The number of hydrogen-bond donors (Lipinski definition) is 0. The van der Waals surface area contributed by atoms with E-state index in [2.05, 4.69) is 24.3 Å². The van der Waals surface area contributed by atoms with Crippen LogP contribution in [0.15, 0.2) is 75.2 Å². The summed E-state index contributed by atoms with van der Waals surface area (Å²) in [5.74, 6) is -0.0438. The molecule has 1 fully saturated rings. The molecule has 0 unspecified atom stereocenters. The largest absolute Gasteiger partial charge is 0.311 e. The van der Waals surface area contributed by atoms with Gasteiger partial charge in [-0.15, -0.1) is 11.8 Å². The first kappa shape index (κ1) is 22.0. The van der Waals surface area contributed by atoms with Gasteiger partial charge in [-0.05, 0) is 54.5 Å². The van der Waals surface area contributed by atoms with Gasteiger partial charge in [0.05, 0.1) is 10.5 Å². The van der Waals surface area contributed by atoms with Crippen LogP contribution in [-0.4, -0.2) is 36.6 Å². The predicted molar refractivity (Wildman–Crippen MR) is 129 cm³/mol. The molecule has 8 heteroatoms. The molecule has 2 aliphatic rings. The molecule has 3 heterocycles. The van der Waals surface area contributed by atoms with E-state index in [-0.39, 0.29) is 34.4 Å². The van der Waals surface area contributed by atoms with Crippen molar-refractivity contribution in [2.45, 2.75) is 28.7 Å². The number of nitriles is 1. The zero-order valence-electron chi connectivity index (χ0n) is 18.1. The topological polar surface area (TPSA) is 83.2 Å². The monoisotopic (exact) mass is 477 g/mol. The van der Waals surface area contributed by atoms with E-state index >= 15 is 0 Å². The second kappa shape index (κ2) is 8.49. The number of sulfonamides is 1. The lowest BCUT2D eigenvalue weighted by atomic mass is 9.81. The van der Waals surface area contributed by atoms with Crippen LogP contribution in [0.1, 0.15) is 23.6 Å². The Morgan fingerprint density at radius 3 is 2.48 bits per heavy atom. The fourth-order valence-electron chi connectivity index (χ4n) is 5.11. The number of piperidine rings is 1. The first-order valence-electron chi connectivity index (χ1n) is 10.8. The highest BCUT2D eigenvalue weighted by molar-refractivity contribution is 7.98. The Morgan fingerprint density at radius 2 is 1.76 bits per heavy atom. The molecule has 0 saturated carbocycles. The Labute approximate surface area is 197 Å². The van der Waals surface area contributed by atoms with Crippen LogP contribution in [0, 0.1) is 17.2 Å². The van der Waals surface area contributed by atoms with E-state index in [1.54, 1.807) is 30.0 Å². The molecule has 2 aliphatic heterocycles. The number of benzene rings is 2. The van der Waals surface area contributed by atoms with Crippen LogP contribution >= 0.6 is 11.8 Å². The van der Waals surface area contributed by atoms with Gasteiger partial charge in [0.1, 0.15) is 6.07 Å². The molecule has 2 aromatic carbocycles. The van der Waals surface area contributed by atoms with E-state index in [0.717, 1.165) is 28.1 Å². The highest BCUT2D eigenvalue weighted by Gasteiger charge is 2.41. The third-order valence-corrected chi connectivity index (χ3v) is 9.22. The van der Waals surface area contributed by atoms with Crippen LogP contribution in [-0.2, 0) is 16.6 Å². The SMILES string of the molecule is CSc1ccc(-c2ccc(=O)n3c2[C@@H]2C[C@@H](CN(S(=O)(=O)c4ccccc4C#N)C2)C3)cc1. The quantitative estimate of drug-likeness (QED) is 0.532. The molecule has 0 radical (unpaired) electrons. The van der Waals surface area contributed by atoms with Gasteiger partial charge in [0, 0.05) is 47.8 Å². The van der Waals surface area contributed by atoms with Gasteiger partial charge in [-0.1, -0.05) is 24.3 Å². The summed E-state index contributed by atoms with van der Waals surface area (Å²) in [6.07, 6.45) is 2.87. The van der Waals surface area contributed by atoms with Crippen molar-refractivity contribution in [2.24, 2.45) is 5.92 Å². The van der Waals surface area contributed by atoms with Gasteiger partial charge in [0.25, 0.3) is 5.56 Å². The maximum atomic E-state index is 13.5. The molecule has 0 spiro atoms. The van der Waals surface area contributed by atoms with Gasteiger partial charge >= 0.3 is 0 Å². The fraction of sp³-hybridized carbons (Fsp3) is 0.280. The van der Waals surface area contributed by atoms with Gasteiger partial charge in [-0.25, -0.2) is 8.42 Å². The van der Waals surface area contributed by atoms with Crippen molar-refractivity contribution in [1.29, 1.82) is 5.26 Å². The van der Waals surface area contributed by atoms with Crippen LogP contribution in [0.3, 0.4) is 0 Å². The maximum Gasteiger partial charge on any atom is 0.250 e. The molecular weight excluding hydrogens is 454 g/mol. The highest BCUT2D eigenvalue weighted by Crippen LogP contribution is 2.41. The van der Waals surface area contributed by atoms with Gasteiger partial charge in [-0.3, -0.25) is 4.79 Å². The van der Waals surface area contributed by atoms with Crippen molar-refractivity contribution in [3.8, 4) is 17.2 Å². The third-order valence-electron chi connectivity index (χ3n) is 6.58. The molecule has 0 aliphatic carbocycles. The average molecular weight is 478 g/mol. The number of fused-ring (bicyclic) bond motifs is 4. The Bertz CT molecular complexity index is 1420. The van der Waals surface area contributed by atoms with Crippen LogP contribution < -0.4 is 5.56 Å². The number of rotatable bonds is 4. The summed E-state index contributed by atoms with van der Waals surface area (Å²) in [5, 5.41) is 9.43. The minimum atomic E-state index is -3.83. The fourth-order valence-corrected chi connectivity index (χ4v) is 7.22. The highest BCUT2D eigenvalue weighted by atomic mass is 32.2. The summed E-state index contributed by atoms with van der Waals surface area (Å²) in [6.45, 7) is 1.13. The van der Waals surface area contributed by atoms with E-state index in [4.69, 9.17) is 0 Å². The van der Waals surface area contributed by atoms with Crippen molar-refractivity contribution in [1.82, 2.24) is 8.87 Å². The zero-order valence-corrected chi connectivity index (χ0v) is 19.8. The van der Waals surface area contributed by atoms with Gasteiger partial charge in [0.2, 0.25) is 10.0 Å². The second-order valence-corrected chi connectivity index (χ2v) is 11.3. The number of pyridine rings is 1. The van der Waals surface area contributed by atoms with Gasteiger partial charge in [0.15, 0.2) is 0 Å². The Balaban J connectivity index is 1.57. The summed E-state index contributed by atoms with van der Waals surface area (Å²) in [4.78, 5) is 14.0. The molecule has 3 aromatic rings. The molecule has 33 heavy (non-hydrogen) atoms. The predicted octanol–water partition coefficient (Wildman–Crippen LogP) is 3.92. The second-order valence-electron chi connectivity index (χ2n) is 8.54. The minimum absolute atomic E-state index is 0.0460. The molecule has 0 amide bonds. The van der Waals surface area contributed by atoms with Gasteiger partial charge < -0.3 is 4.57 Å². The van der Waals surface area contributed by atoms with E-state index in [1.807, 2.05) is 23.0 Å². The zero-order chi connectivity index (χ0) is 23.2. The van der Waals surface area contributed by atoms with E-state index in [0.29, 0.717) is 13.1 Å². The van der Waals surface area contributed by atoms with Gasteiger partial charge in [-0.2, -0.15) is 9.57 Å². The molecule has 5 rings (SSSR count). The molecule has 2 atom stereocenters. The lowest BCUT2D eigenvalue weighted by molar-refractivity contribution is 0.187. The number of aromatic nitrogens is 1. The van der Waals surface area contributed by atoms with Crippen molar-refractivity contribution >= 4 is 21.8 Å². The van der Waals surface area contributed by atoms with Crippen molar-refractivity contribution < 1.29 is 8.42 Å². The third kappa shape index (κ3) is 3.80. The first-order chi connectivity index (χ1) is 15.9. The molecular formula is C25H23N3O3S2. The molecule has 6 nitrogen and oxygen atoms in total. The Kier molecular flexibility index (Phi) is 5.65. The van der Waals surface area contributed by atoms with E-state index in [1.165, 1.54) is 16.4 Å². The van der Waals surface area contributed by atoms with E-state index in [9.17, 15) is 18.5 Å². The van der Waals surface area contributed by atoms with Crippen LogP contribution in [0.2, 0.25) is 0 Å². The summed E-state index contributed by atoms with van der Waals surface area (Å²) in [6, 6.07) is 20.0. The summed E-state index contributed by atoms with van der Waals surface area (Å²) in [7, 11) is -3.83. The average Bonchev–Trinajstić information content (AvgIpc) is 2.84. The van der Waals surface area contributed by atoms with Crippen LogP contribution in [0.4, 0.5) is 0 Å². The molecule has 2 bridgehead atoms. The standard InChI is InChI=1S/C25H23N3O3S2/c1-32-21-8-6-18(7-9-21)22-10-11-24(29)28-15-17-12-20(25(22)28)16-27(14-17)33(30,31)23-5-3-2-4-19(23)13-26/h2-11,17,20H,12,14-16H2,1H3/t17-,20+/m0/s1. The first-order valence-corrected chi connectivity index (χ1v) is 13.5.